The summed E-state index contributed by atoms with van der Waals surface area (Å²) in [6, 6.07) is 6.15. The summed E-state index contributed by atoms with van der Waals surface area (Å²) in [5, 5.41) is 11.7. The van der Waals surface area contributed by atoms with E-state index in [1.54, 1.807) is 37.5 Å². The number of amides is 3. The fourth-order valence-corrected chi connectivity index (χ4v) is 4.33. The van der Waals surface area contributed by atoms with E-state index >= 15 is 0 Å². The van der Waals surface area contributed by atoms with Gasteiger partial charge in [-0.2, -0.15) is 5.26 Å². The molecule has 0 radical (unpaired) electrons. The van der Waals surface area contributed by atoms with Crippen molar-refractivity contribution in [1.82, 2.24) is 30.5 Å². The van der Waals surface area contributed by atoms with E-state index < -0.39 is 17.9 Å². The molecule has 3 amide bonds. The van der Waals surface area contributed by atoms with Crippen LogP contribution in [0.2, 0.25) is 0 Å². The number of anilines is 1. The number of hydrogen-bond acceptors (Lipinski definition) is 10. The van der Waals surface area contributed by atoms with Crippen molar-refractivity contribution in [2.75, 3.05) is 45.3 Å². The minimum atomic E-state index is -0.901. The summed E-state index contributed by atoms with van der Waals surface area (Å²) in [6.45, 7) is 11.4. The number of nitrogens with zero attached hydrogens (tertiary/aromatic N) is 7. The van der Waals surface area contributed by atoms with Crippen LogP contribution in [-0.4, -0.2) is 96.9 Å². The number of nitrogens with one attached hydrogen (secondary N) is 3. The molecule has 0 aromatic carbocycles. The molecule has 2 aliphatic rings. The zero-order valence-electron chi connectivity index (χ0n) is 22.2. The maximum atomic E-state index is 13.2. The summed E-state index contributed by atoms with van der Waals surface area (Å²) in [4.78, 5) is 54.3. The number of allylic oxidation sites excluding steroid dienone is 1. The van der Waals surface area contributed by atoms with Crippen molar-refractivity contribution in [3.63, 3.8) is 0 Å². The van der Waals surface area contributed by atoms with Crippen molar-refractivity contribution >= 4 is 42.5 Å². The number of hydrogen-bond donors (Lipinski definition) is 3. The molecular formula is C26H34N10O3. The smallest absolute Gasteiger partial charge is 0.270 e. The molecule has 1 aromatic heterocycles. The number of carbonyl (C=O) groups is 3. The van der Waals surface area contributed by atoms with Gasteiger partial charge in [0.1, 0.15) is 18.4 Å². The monoisotopic (exact) mass is 534 g/mol. The van der Waals surface area contributed by atoms with Crippen molar-refractivity contribution in [3.8, 4) is 6.07 Å². The number of hydrazine groups is 1. The summed E-state index contributed by atoms with van der Waals surface area (Å²) in [5.41, 5.74) is 6.02. The van der Waals surface area contributed by atoms with Gasteiger partial charge in [-0.25, -0.2) is 10.4 Å². The Hall–Kier alpha value is -4.41. The van der Waals surface area contributed by atoms with Crippen molar-refractivity contribution in [2.24, 2.45) is 21.8 Å². The van der Waals surface area contributed by atoms with Gasteiger partial charge in [-0.1, -0.05) is 12.6 Å². The van der Waals surface area contributed by atoms with E-state index in [9.17, 15) is 14.4 Å². The Bertz CT molecular complexity index is 1180. The number of nitriles is 1. The molecule has 13 heteroatoms. The molecular weight excluding hydrogens is 500 g/mol. The topological polar surface area (TPSA) is 158 Å². The molecule has 1 aromatic rings. The lowest BCUT2D eigenvalue weighted by atomic mass is 10.2. The third-order valence-electron chi connectivity index (χ3n) is 6.60. The number of likely N-dealkylation sites (N-methyl/N-ethyl adjacent to an activating group) is 1. The summed E-state index contributed by atoms with van der Waals surface area (Å²) in [5.74, 6) is 0.927. The molecule has 206 valence electrons. The van der Waals surface area contributed by atoms with Crippen LogP contribution in [0.5, 0.6) is 0 Å². The third kappa shape index (κ3) is 8.03. The average Bonchev–Trinajstić information content (AvgIpc) is 3.54. The predicted molar refractivity (Wildman–Crippen MR) is 148 cm³/mol. The minimum absolute atomic E-state index is 0.0360. The number of piperidine rings is 1. The van der Waals surface area contributed by atoms with Crippen LogP contribution >= 0.6 is 0 Å². The van der Waals surface area contributed by atoms with Crippen LogP contribution < -0.4 is 16.2 Å². The lowest BCUT2D eigenvalue weighted by molar-refractivity contribution is -0.128. The van der Waals surface area contributed by atoms with E-state index in [0.717, 1.165) is 24.9 Å². The molecule has 2 heterocycles. The Morgan fingerprint density at radius 2 is 2.10 bits per heavy atom. The first kappa shape index (κ1) is 29.2. The fourth-order valence-electron chi connectivity index (χ4n) is 4.33. The van der Waals surface area contributed by atoms with Crippen molar-refractivity contribution < 1.29 is 14.4 Å². The predicted octanol–water partition coefficient (Wildman–Crippen LogP) is 0.436. The second kappa shape index (κ2) is 13.9. The van der Waals surface area contributed by atoms with E-state index in [4.69, 9.17) is 5.26 Å². The van der Waals surface area contributed by atoms with Crippen LogP contribution in [-0.2, 0) is 14.4 Å². The van der Waals surface area contributed by atoms with E-state index in [1.807, 2.05) is 6.07 Å². The summed E-state index contributed by atoms with van der Waals surface area (Å²) < 4.78 is 0. The first-order valence-corrected chi connectivity index (χ1v) is 12.5. The lowest BCUT2D eigenvalue weighted by Gasteiger charge is -2.32. The quantitative estimate of drug-likeness (QED) is 0.0556. The van der Waals surface area contributed by atoms with E-state index in [-0.39, 0.29) is 24.7 Å². The Labute approximate surface area is 227 Å². The van der Waals surface area contributed by atoms with E-state index in [0.29, 0.717) is 24.3 Å². The highest BCUT2D eigenvalue weighted by molar-refractivity contribution is 6.09. The first-order chi connectivity index (χ1) is 18.8. The van der Waals surface area contributed by atoms with Gasteiger partial charge in [-0.15, -0.1) is 0 Å². The second-order valence-corrected chi connectivity index (χ2v) is 9.42. The number of pyridine rings is 1. The van der Waals surface area contributed by atoms with Gasteiger partial charge in [-0.05, 0) is 44.0 Å². The molecule has 3 rings (SSSR count). The van der Waals surface area contributed by atoms with Crippen molar-refractivity contribution in [2.45, 2.75) is 19.4 Å². The normalized spacial score (nSPS) is 18.9. The summed E-state index contributed by atoms with van der Waals surface area (Å²) in [7, 11) is 1.45. The molecule has 1 aliphatic carbocycles. The Kier molecular flexibility index (Phi) is 10.4. The van der Waals surface area contributed by atoms with E-state index in [1.165, 1.54) is 23.3 Å². The molecule has 1 saturated carbocycles. The van der Waals surface area contributed by atoms with Crippen LogP contribution in [0.4, 0.5) is 5.82 Å². The van der Waals surface area contributed by atoms with Crippen LogP contribution in [0.1, 0.15) is 19.0 Å². The zero-order valence-corrected chi connectivity index (χ0v) is 22.2. The van der Waals surface area contributed by atoms with Crippen LogP contribution in [0.15, 0.2) is 46.7 Å². The Morgan fingerprint density at radius 3 is 2.77 bits per heavy atom. The van der Waals surface area contributed by atoms with Gasteiger partial charge in [0.05, 0.1) is 30.8 Å². The molecule has 0 spiro atoms. The van der Waals surface area contributed by atoms with Crippen LogP contribution in [0.3, 0.4) is 0 Å². The van der Waals surface area contributed by atoms with E-state index in [2.05, 4.69) is 49.3 Å². The van der Waals surface area contributed by atoms with Crippen LogP contribution in [0, 0.1) is 23.2 Å². The highest BCUT2D eigenvalue weighted by atomic mass is 16.2. The molecule has 3 unspecified atom stereocenters. The van der Waals surface area contributed by atoms with Gasteiger partial charge in [-0.3, -0.25) is 34.7 Å². The molecule has 3 N–H and O–H groups in total. The van der Waals surface area contributed by atoms with Gasteiger partial charge < -0.3 is 15.1 Å². The second-order valence-electron chi connectivity index (χ2n) is 9.42. The molecule has 39 heavy (non-hydrogen) atoms. The standard InChI is InChI=1S/C26H34N10O3/c1-18(36(16-30-31-17-37)19(2)26(39)34(4)9-8-27)25(38)33-24-7-5-6-23(32-24)22(11-28-3)12-29-15-35-13-20-10-21(20)14-35/h5-7,11-12,17-18,20-21,30H,2-3,9-10,13-16H2,1,4H3,(H,31,37)(H,32,33,38)/b22-11+,29-12-. The third-order valence-corrected chi connectivity index (χ3v) is 6.60. The minimum Gasteiger partial charge on any atom is -0.341 e. The summed E-state index contributed by atoms with van der Waals surface area (Å²) >= 11 is 0. The van der Waals surface area contributed by atoms with Gasteiger partial charge in [0.15, 0.2) is 0 Å². The Morgan fingerprint density at radius 1 is 1.36 bits per heavy atom. The lowest BCUT2D eigenvalue weighted by Crippen LogP contribution is -2.51. The van der Waals surface area contributed by atoms with Crippen LogP contribution in [0.25, 0.3) is 5.57 Å². The van der Waals surface area contributed by atoms with Crippen molar-refractivity contribution in [1.29, 1.82) is 5.26 Å². The molecule has 2 fully saturated rings. The highest BCUT2D eigenvalue weighted by Gasteiger charge is 2.44. The number of aliphatic imine (C=N–C) groups is 2. The molecule has 1 aliphatic heterocycles. The maximum absolute atomic E-state index is 13.2. The number of fused-ring (bicyclic) bond motifs is 1. The molecule has 3 atom stereocenters. The highest BCUT2D eigenvalue weighted by Crippen LogP contribution is 2.44. The SMILES string of the molecule is C=N/C=C(\C=N/CN1CC2CC2C1)c1cccc(NC(=O)C(C)N(CNNC=O)C(=C)C(=O)N(C)CC#N)n1. The maximum Gasteiger partial charge on any atom is 0.270 e. The van der Waals surface area contributed by atoms with Gasteiger partial charge in [0.2, 0.25) is 12.3 Å². The average molecular weight is 535 g/mol. The number of likely N-dealkylation sites (tertiary alicyclic amines) is 1. The van der Waals surface area contributed by atoms with Gasteiger partial charge >= 0.3 is 0 Å². The molecule has 13 nitrogen and oxygen atoms in total. The Balaban J connectivity index is 1.69. The molecule has 1 saturated heterocycles. The number of aromatic nitrogens is 1. The fraction of sp³-hybridized carbons (Fsp3) is 0.423. The zero-order chi connectivity index (χ0) is 28.4. The van der Waals surface area contributed by atoms with Gasteiger partial charge in [0, 0.05) is 38.1 Å². The number of carbonyl (C=O) groups excluding carboxylic acids is 3. The summed E-state index contributed by atoms with van der Waals surface area (Å²) in [6.07, 6.45) is 5.02. The largest absolute Gasteiger partial charge is 0.341 e. The molecule has 0 bridgehead atoms. The van der Waals surface area contributed by atoms with Crippen molar-refractivity contribution in [3.05, 3.63) is 42.4 Å². The van der Waals surface area contributed by atoms with Gasteiger partial charge in [0.25, 0.3) is 5.91 Å². The first-order valence-electron chi connectivity index (χ1n) is 12.5. The number of rotatable bonds is 15.